The van der Waals surface area contributed by atoms with Gasteiger partial charge in [-0.15, -0.1) is 10.2 Å². The van der Waals surface area contributed by atoms with Crippen LogP contribution >= 0.6 is 23.2 Å². The minimum atomic E-state index is -0.261. The molecule has 0 aliphatic carbocycles. The molecule has 0 aliphatic rings. The van der Waals surface area contributed by atoms with Crippen LogP contribution in [0.25, 0.3) is 0 Å². The zero-order chi connectivity index (χ0) is 15.9. The number of benzene rings is 1. The SMILES string of the molecule is COCCN(Cc1ccccc1)C(=O)c1cc(Cl)nnc1Cl. The van der Waals surface area contributed by atoms with Crippen LogP contribution in [0.3, 0.4) is 0 Å². The van der Waals surface area contributed by atoms with Crippen molar-refractivity contribution in [2.24, 2.45) is 0 Å². The third kappa shape index (κ3) is 4.40. The van der Waals surface area contributed by atoms with Gasteiger partial charge in [-0.25, -0.2) is 0 Å². The third-order valence-electron chi connectivity index (χ3n) is 3.02. The van der Waals surface area contributed by atoms with Gasteiger partial charge in [0.15, 0.2) is 10.3 Å². The lowest BCUT2D eigenvalue weighted by molar-refractivity contribution is 0.0680. The minimum absolute atomic E-state index is 0.0323. The van der Waals surface area contributed by atoms with Gasteiger partial charge in [0.1, 0.15) is 0 Å². The van der Waals surface area contributed by atoms with Crippen LogP contribution in [-0.4, -0.2) is 41.3 Å². The third-order valence-corrected chi connectivity index (χ3v) is 3.48. The number of carbonyl (C=O) groups is 1. The predicted octanol–water partition coefficient (Wildman–Crippen LogP) is 3.07. The largest absolute Gasteiger partial charge is 0.383 e. The molecule has 0 radical (unpaired) electrons. The number of aromatic nitrogens is 2. The van der Waals surface area contributed by atoms with Gasteiger partial charge in [0.25, 0.3) is 5.91 Å². The summed E-state index contributed by atoms with van der Waals surface area (Å²) in [5.74, 6) is -0.261. The number of rotatable bonds is 6. The molecule has 22 heavy (non-hydrogen) atoms. The summed E-state index contributed by atoms with van der Waals surface area (Å²) < 4.78 is 5.07. The Labute approximate surface area is 138 Å². The predicted molar refractivity (Wildman–Crippen MR) is 85.1 cm³/mol. The molecule has 1 aromatic heterocycles. The van der Waals surface area contributed by atoms with E-state index in [1.807, 2.05) is 30.3 Å². The van der Waals surface area contributed by atoms with Crippen LogP contribution < -0.4 is 0 Å². The van der Waals surface area contributed by atoms with E-state index >= 15 is 0 Å². The van der Waals surface area contributed by atoms with Gasteiger partial charge in [0, 0.05) is 20.2 Å². The molecule has 0 unspecified atom stereocenters. The van der Waals surface area contributed by atoms with Gasteiger partial charge in [-0.2, -0.15) is 0 Å². The highest BCUT2D eigenvalue weighted by molar-refractivity contribution is 6.34. The van der Waals surface area contributed by atoms with E-state index in [0.717, 1.165) is 5.56 Å². The highest BCUT2D eigenvalue weighted by atomic mass is 35.5. The molecule has 7 heteroatoms. The van der Waals surface area contributed by atoms with Crippen molar-refractivity contribution in [3.8, 4) is 0 Å². The van der Waals surface area contributed by atoms with Gasteiger partial charge in [0.05, 0.1) is 12.2 Å². The van der Waals surface area contributed by atoms with Gasteiger partial charge in [-0.3, -0.25) is 4.79 Å². The molecule has 2 rings (SSSR count). The van der Waals surface area contributed by atoms with E-state index in [2.05, 4.69) is 10.2 Å². The number of methoxy groups -OCH3 is 1. The first-order valence-electron chi connectivity index (χ1n) is 6.62. The van der Waals surface area contributed by atoms with E-state index in [9.17, 15) is 4.79 Å². The summed E-state index contributed by atoms with van der Waals surface area (Å²) >= 11 is 11.8. The number of hydrogen-bond donors (Lipinski definition) is 0. The molecule has 0 bridgehead atoms. The first kappa shape index (κ1) is 16.7. The minimum Gasteiger partial charge on any atom is -0.383 e. The molecule has 1 heterocycles. The summed E-state index contributed by atoms with van der Waals surface area (Å²) in [6.45, 7) is 1.29. The zero-order valence-corrected chi connectivity index (χ0v) is 13.5. The van der Waals surface area contributed by atoms with Gasteiger partial charge < -0.3 is 9.64 Å². The van der Waals surface area contributed by atoms with Crippen molar-refractivity contribution in [1.29, 1.82) is 0 Å². The van der Waals surface area contributed by atoms with E-state index in [4.69, 9.17) is 27.9 Å². The molecule has 0 aliphatic heterocycles. The maximum Gasteiger partial charge on any atom is 0.257 e. The lowest BCUT2D eigenvalue weighted by Gasteiger charge is -2.23. The number of nitrogens with zero attached hydrogens (tertiary/aromatic N) is 3. The molecule has 116 valence electrons. The second-order valence-electron chi connectivity index (χ2n) is 4.58. The van der Waals surface area contributed by atoms with Gasteiger partial charge in [-0.1, -0.05) is 53.5 Å². The fourth-order valence-electron chi connectivity index (χ4n) is 1.93. The molecule has 0 saturated heterocycles. The molecule has 0 atom stereocenters. The average molecular weight is 340 g/mol. The van der Waals surface area contributed by atoms with Crippen LogP contribution in [-0.2, 0) is 11.3 Å². The zero-order valence-electron chi connectivity index (χ0n) is 12.0. The fraction of sp³-hybridized carbons (Fsp3) is 0.267. The van der Waals surface area contributed by atoms with Crippen LogP contribution in [0.4, 0.5) is 0 Å². The summed E-state index contributed by atoms with van der Waals surface area (Å²) in [6, 6.07) is 11.1. The molecule has 2 aromatic rings. The Morgan fingerprint density at radius 2 is 1.95 bits per heavy atom. The maximum absolute atomic E-state index is 12.7. The number of amides is 1. The van der Waals surface area contributed by atoms with Gasteiger partial charge in [-0.05, 0) is 11.6 Å². The molecule has 1 aromatic carbocycles. The highest BCUT2D eigenvalue weighted by Gasteiger charge is 2.20. The molecule has 0 saturated carbocycles. The molecule has 5 nitrogen and oxygen atoms in total. The number of ether oxygens (including phenoxy) is 1. The molecule has 0 spiro atoms. The number of halogens is 2. The van der Waals surface area contributed by atoms with Gasteiger partial charge in [0.2, 0.25) is 0 Å². The van der Waals surface area contributed by atoms with Crippen LogP contribution in [0.15, 0.2) is 36.4 Å². The van der Waals surface area contributed by atoms with E-state index in [1.54, 1.807) is 12.0 Å². The average Bonchev–Trinajstić information content (AvgIpc) is 2.54. The highest BCUT2D eigenvalue weighted by Crippen LogP contribution is 2.18. The van der Waals surface area contributed by atoms with Crippen LogP contribution in [0, 0.1) is 0 Å². The molecular formula is C15H15Cl2N3O2. The molecule has 1 amide bonds. The van der Waals surface area contributed by atoms with E-state index in [-0.39, 0.29) is 21.8 Å². The summed E-state index contributed by atoms with van der Waals surface area (Å²) in [6.07, 6.45) is 0. The van der Waals surface area contributed by atoms with E-state index < -0.39 is 0 Å². The number of carbonyl (C=O) groups excluding carboxylic acids is 1. The fourth-order valence-corrected chi connectivity index (χ4v) is 2.25. The normalized spacial score (nSPS) is 10.5. The van der Waals surface area contributed by atoms with Crippen LogP contribution in [0.1, 0.15) is 15.9 Å². The monoisotopic (exact) mass is 339 g/mol. The maximum atomic E-state index is 12.7. The Hall–Kier alpha value is -1.69. The Kier molecular flexibility index (Phi) is 6.12. The quantitative estimate of drug-likeness (QED) is 0.811. The topological polar surface area (TPSA) is 55.3 Å². The second kappa shape index (κ2) is 8.08. The van der Waals surface area contributed by atoms with Crippen LogP contribution in [0.2, 0.25) is 10.3 Å². The smallest absolute Gasteiger partial charge is 0.257 e. The summed E-state index contributed by atoms with van der Waals surface area (Å²) in [5, 5.41) is 7.45. The lowest BCUT2D eigenvalue weighted by Crippen LogP contribution is -2.33. The summed E-state index contributed by atoms with van der Waals surface area (Å²) in [5.41, 5.74) is 1.24. The second-order valence-corrected chi connectivity index (χ2v) is 5.32. The van der Waals surface area contributed by atoms with Crippen molar-refractivity contribution in [2.45, 2.75) is 6.54 Å². The van der Waals surface area contributed by atoms with Crippen molar-refractivity contribution in [1.82, 2.24) is 15.1 Å². The first-order chi connectivity index (χ1) is 10.6. The number of hydrogen-bond acceptors (Lipinski definition) is 4. The molecular weight excluding hydrogens is 325 g/mol. The Balaban J connectivity index is 2.24. The lowest BCUT2D eigenvalue weighted by atomic mass is 10.2. The van der Waals surface area contributed by atoms with Crippen molar-refractivity contribution < 1.29 is 9.53 Å². The summed E-state index contributed by atoms with van der Waals surface area (Å²) in [7, 11) is 1.59. The Bertz CT molecular complexity index is 638. The first-order valence-corrected chi connectivity index (χ1v) is 7.38. The van der Waals surface area contributed by atoms with Crippen molar-refractivity contribution >= 4 is 29.1 Å². The van der Waals surface area contributed by atoms with Crippen LogP contribution in [0.5, 0.6) is 0 Å². The Morgan fingerprint density at radius 1 is 1.23 bits per heavy atom. The summed E-state index contributed by atoms with van der Waals surface area (Å²) in [4.78, 5) is 14.3. The van der Waals surface area contributed by atoms with Crippen molar-refractivity contribution in [2.75, 3.05) is 20.3 Å². The van der Waals surface area contributed by atoms with E-state index in [0.29, 0.717) is 19.7 Å². The van der Waals surface area contributed by atoms with Crippen molar-refractivity contribution in [3.63, 3.8) is 0 Å². The van der Waals surface area contributed by atoms with E-state index in [1.165, 1.54) is 6.07 Å². The standard InChI is InChI=1S/C15H15Cl2N3O2/c1-22-8-7-20(10-11-5-3-2-4-6-11)15(21)12-9-13(16)18-19-14(12)17/h2-6,9H,7-8,10H2,1H3. The molecule has 0 N–H and O–H groups in total. The molecule has 0 fully saturated rings. The van der Waals surface area contributed by atoms with Crippen molar-refractivity contribution in [3.05, 3.63) is 57.8 Å². The Morgan fingerprint density at radius 3 is 2.64 bits per heavy atom. The van der Waals surface area contributed by atoms with Gasteiger partial charge >= 0.3 is 0 Å².